The molecule has 1 aliphatic rings. The Labute approximate surface area is 119 Å². The van der Waals surface area contributed by atoms with Crippen molar-refractivity contribution in [3.63, 3.8) is 0 Å². The summed E-state index contributed by atoms with van der Waals surface area (Å²) in [6.07, 6.45) is 1.53. The lowest BCUT2D eigenvalue weighted by molar-refractivity contribution is 0.0398. The van der Waals surface area contributed by atoms with Crippen LogP contribution in [0.1, 0.15) is 25.3 Å². The van der Waals surface area contributed by atoms with E-state index in [4.69, 9.17) is 10.6 Å². The summed E-state index contributed by atoms with van der Waals surface area (Å²) < 4.78 is 5.34. The molecule has 0 saturated carbocycles. The first kappa shape index (κ1) is 15.0. The zero-order valence-corrected chi connectivity index (χ0v) is 12.2. The lowest BCUT2D eigenvalue weighted by Crippen LogP contribution is -2.39. The van der Waals surface area contributed by atoms with Crippen molar-refractivity contribution in [1.82, 2.24) is 14.9 Å². The van der Waals surface area contributed by atoms with E-state index >= 15 is 0 Å². The monoisotopic (exact) mass is 280 g/mol. The lowest BCUT2D eigenvalue weighted by Gasteiger charge is -2.26. The molecule has 2 heterocycles. The highest BCUT2D eigenvalue weighted by molar-refractivity contribution is 5.58. The number of hydrogen-bond donors (Lipinski definition) is 3. The summed E-state index contributed by atoms with van der Waals surface area (Å²) in [6, 6.07) is 0. The number of nitrogens with two attached hydrogens (primary N) is 1. The van der Waals surface area contributed by atoms with Crippen molar-refractivity contribution in [2.75, 3.05) is 50.1 Å². The van der Waals surface area contributed by atoms with Gasteiger partial charge in [-0.3, -0.25) is 4.90 Å². The van der Waals surface area contributed by atoms with Crippen LogP contribution in [0.5, 0.6) is 0 Å². The van der Waals surface area contributed by atoms with Gasteiger partial charge in [0.15, 0.2) is 0 Å². The maximum atomic E-state index is 5.51. The van der Waals surface area contributed by atoms with Gasteiger partial charge in [0.05, 0.1) is 13.2 Å². The Balaban J connectivity index is 1.94. The van der Waals surface area contributed by atoms with Crippen molar-refractivity contribution in [1.29, 1.82) is 0 Å². The van der Waals surface area contributed by atoms with Crippen LogP contribution in [0.3, 0.4) is 0 Å². The predicted octanol–water partition coefficient (Wildman–Crippen LogP) is 0.630. The van der Waals surface area contributed by atoms with Crippen LogP contribution in [0.15, 0.2) is 6.33 Å². The van der Waals surface area contributed by atoms with E-state index in [9.17, 15) is 0 Å². The summed E-state index contributed by atoms with van der Waals surface area (Å²) >= 11 is 0. The van der Waals surface area contributed by atoms with E-state index in [1.54, 1.807) is 0 Å². The van der Waals surface area contributed by atoms with Crippen LogP contribution in [0.2, 0.25) is 0 Å². The molecule has 20 heavy (non-hydrogen) atoms. The molecule has 112 valence electrons. The van der Waals surface area contributed by atoms with Gasteiger partial charge in [0.1, 0.15) is 18.0 Å². The van der Waals surface area contributed by atoms with Gasteiger partial charge in [0, 0.05) is 31.7 Å². The lowest BCUT2D eigenvalue weighted by atomic mass is 10.0. The van der Waals surface area contributed by atoms with Gasteiger partial charge >= 0.3 is 0 Å². The van der Waals surface area contributed by atoms with E-state index in [0.29, 0.717) is 11.7 Å². The molecule has 0 unspecified atom stereocenters. The number of aromatic nitrogens is 2. The summed E-state index contributed by atoms with van der Waals surface area (Å²) in [5.41, 5.74) is 3.66. The summed E-state index contributed by atoms with van der Waals surface area (Å²) in [7, 11) is 0. The van der Waals surface area contributed by atoms with Crippen LogP contribution in [0.25, 0.3) is 0 Å². The smallest absolute Gasteiger partial charge is 0.148 e. The topological polar surface area (TPSA) is 88.3 Å². The molecule has 2 rings (SSSR count). The molecule has 0 radical (unpaired) electrons. The Bertz CT molecular complexity index is 419. The van der Waals surface area contributed by atoms with Crippen molar-refractivity contribution in [3.8, 4) is 0 Å². The standard InChI is InChI=1S/C13H24N6O/c1-10(2)11-12(16-9-17-13(11)18-14)15-3-4-19-5-7-20-8-6-19/h9-10H,3-8,14H2,1-2H3,(H2,15,16,17,18). The fraction of sp³-hybridized carbons (Fsp3) is 0.692. The molecule has 4 N–H and O–H groups in total. The summed E-state index contributed by atoms with van der Waals surface area (Å²) in [5, 5.41) is 3.39. The first-order valence-electron chi connectivity index (χ1n) is 7.08. The molecule has 1 fully saturated rings. The van der Waals surface area contributed by atoms with E-state index in [1.165, 1.54) is 6.33 Å². The molecular formula is C13H24N6O. The fourth-order valence-corrected chi connectivity index (χ4v) is 2.36. The average Bonchev–Trinajstić information content (AvgIpc) is 2.47. The quantitative estimate of drug-likeness (QED) is 0.520. The molecule has 0 bridgehead atoms. The minimum atomic E-state index is 0.299. The first-order valence-corrected chi connectivity index (χ1v) is 7.08. The SMILES string of the molecule is CC(C)c1c(NN)ncnc1NCCN1CCOCC1. The number of rotatable bonds is 6. The molecule has 0 aliphatic carbocycles. The van der Waals surface area contributed by atoms with Gasteiger partial charge in [-0.25, -0.2) is 15.8 Å². The van der Waals surface area contributed by atoms with Crippen LogP contribution < -0.4 is 16.6 Å². The molecule has 1 aromatic rings. The third-order valence-electron chi connectivity index (χ3n) is 3.42. The van der Waals surface area contributed by atoms with Gasteiger partial charge in [-0.15, -0.1) is 0 Å². The number of anilines is 2. The van der Waals surface area contributed by atoms with Crippen LogP contribution in [-0.4, -0.2) is 54.3 Å². The van der Waals surface area contributed by atoms with Crippen molar-refractivity contribution in [2.45, 2.75) is 19.8 Å². The Morgan fingerprint density at radius 2 is 2.00 bits per heavy atom. The maximum Gasteiger partial charge on any atom is 0.148 e. The Kier molecular flexibility index (Phi) is 5.51. The minimum absolute atomic E-state index is 0.299. The van der Waals surface area contributed by atoms with Crippen LogP contribution in [-0.2, 0) is 4.74 Å². The zero-order valence-electron chi connectivity index (χ0n) is 12.2. The fourth-order valence-electron chi connectivity index (χ4n) is 2.36. The molecule has 1 aromatic heterocycles. The number of nitrogen functional groups attached to an aromatic ring is 1. The second kappa shape index (κ2) is 7.37. The van der Waals surface area contributed by atoms with Crippen molar-refractivity contribution in [3.05, 3.63) is 11.9 Å². The minimum Gasteiger partial charge on any atom is -0.379 e. The van der Waals surface area contributed by atoms with Crippen molar-refractivity contribution in [2.24, 2.45) is 5.84 Å². The molecule has 0 atom stereocenters. The Hall–Kier alpha value is -1.44. The molecule has 0 aromatic carbocycles. The van der Waals surface area contributed by atoms with Gasteiger partial charge in [-0.2, -0.15) is 0 Å². The van der Waals surface area contributed by atoms with E-state index in [1.807, 2.05) is 0 Å². The van der Waals surface area contributed by atoms with E-state index < -0.39 is 0 Å². The third-order valence-corrected chi connectivity index (χ3v) is 3.42. The van der Waals surface area contributed by atoms with Crippen LogP contribution >= 0.6 is 0 Å². The summed E-state index contributed by atoms with van der Waals surface area (Å²) in [6.45, 7) is 9.69. The number of nitrogens with zero attached hydrogens (tertiary/aromatic N) is 3. The van der Waals surface area contributed by atoms with Gasteiger partial charge in [-0.05, 0) is 5.92 Å². The molecule has 0 amide bonds. The molecule has 1 aliphatic heterocycles. The number of nitrogens with one attached hydrogen (secondary N) is 2. The van der Waals surface area contributed by atoms with Crippen molar-refractivity contribution < 1.29 is 4.74 Å². The van der Waals surface area contributed by atoms with E-state index in [2.05, 4.69) is 39.5 Å². The van der Waals surface area contributed by atoms with Crippen LogP contribution in [0.4, 0.5) is 11.6 Å². The molecule has 0 spiro atoms. The largest absolute Gasteiger partial charge is 0.379 e. The second-order valence-corrected chi connectivity index (χ2v) is 5.16. The van der Waals surface area contributed by atoms with Crippen molar-refractivity contribution >= 4 is 11.6 Å². The van der Waals surface area contributed by atoms with Gasteiger partial charge in [-0.1, -0.05) is 13.8 Å². The predicted molar refractivity (Wildman–Crippen MR) is 79.7 cm³/mol. The van der Waals surface area contributed by atoms with E-state index in [0.717, 1.165) is 50.8 Å². The Morgan fingerprint density at radius 1 is 1.30 bits per heavy atom. The molecular weight excluding hydrogens is 256 g/mol. The van der Waals surface area contributed by atoms with Gasteiger partial charge < -0.3 is 15.5 Å². The number of ether oxygens (including phenoxy) is 1. The molecule has 7 nitrogen and oxygen atoms in total. The maximum absolute atomic E-state index is 5.51. The van der Waals surface area contributed by atoms with Gasteiger partial charge in [0.2, 0.25) is 0 Å². The van der Waals surface area contributed by atoms with Crippen LogP contribution in [0, 0.1) is 0 Å². The summed E-state index contributed by atoms with van der Waals surface area (Å²) in [4.78, 5) is 10.9. The number of hydrazine groups is 1. The third kappa shape index (κ3) is 3.78. The molecule has 1 saturated heterocycles. The average molecular weight is 280 g/mol. The second-order valence-electron chi connectivity index (χ2n) is 5.16. The highest BCUT2D eigenvalue weighted by atomic mass is 16.5. The number of hydrogen-bond acceptors (Lipinski definition) is 7. The zero-order chi connectivity index (χ0) is 14.4. The first-order chi connectivity index (χ1) is 9.72. The number of morpholine rings is 1. The normalized spacial score (nSPS) is 16.4. The Morgan fingerprint density at radius 3 is 2.65 bits per heavy atom. The highest BCUT2D eigenvalue weighted by Gasteiger charge is 2.15. The summed E-state index contributed by atoms with van der Waals surface area (Å²) in [5.74, 6) is 7.35. The van der Waals surface area contributed by atoms with Gasteiger partial charge in [0.25, 0.3) is 0 Å². The highest BCUT2D eigenvalue weighted by Crippen LogP contribution is 2.27. The van der Waals surface area contributed by atoms with E-state index in [-0.39, 0.29) is 0 Å². The molecule has 7 heteroatoms.